The zero-order valence-electron chi connectivity index (χ0n) is 4.81. The van der Waals surface area contributed by atoms with E-state index in [0.29, 0.717) is 0 Å². The molecule has 1 fully saturated rings. The van der Waals surface area contributed by atoms with E-state index in [0.717, 1.165) is 19.6 Å². The van der Waals surface area contributed by atoms with Crippen molar-refractivity contribution >= 4 is 0 Å². The van der Waals surface area contributed by atoms with Crippen molar-refractivity contribution in [3.8, 4) is 0 Å². The Morgan fingerprint density at radius 2 is 2.38 bits per heavy atom. The molecule has 0 aliphatic carbocycles. The molecule has 0 aromatic carbocycles. The largest absolute Gasteiger partial charge is 0.314 e. The summed E-state index contributed by atoms with van der Waals surface area (Å²) in [6, 6.07) is 0.170. The van der Waals surface area contributed by atoms with Crippen molar-refractivity contribution in [1.29, 1.82) is 0 Å². The molecule has 1 unspecified atom stereocenters. The van der Waals surface area contributed by atoms with Gasteiger partial charge in [0.2, 0.25) is 0 Å². The normalized spacial score (nSPS) is 30.4. The second-order valence-corrected chi connectivity index (χ2v) is 2.02. The maximum Gasteiger partial charge on any atom is 0.0987 e. The van der Waals surface area contributed by atoms with E-state index in [2.05, 4.69) is 10.6 Å². The van der Waals surface area contributed by atoms with Crippen LogP contribution in [0.15, 0.2) is 0 Å². The molecule has 0 saturated carbocycles. The van der Waals surface area contributed by atoms with Gasteiger partial charge in [0.1, 0.15) is 0 Å². The van der Waals surface area contributed by atoms with Crippen LogP contribution in [0, 0.1) is 0 Å². The van der Waals surface area contributed by atoms with E-state index >= 15 is 0 Å². The second-order valence-electron chi connectivity index (χ2n) is 2.02. The third-order valence-electron chi connectivity index (χ3n) is 1.33. The predicted molar refractivity (Wildman–Crippen MR) is 30.2 cm³/mol. The fourth-order valence-corrected chi connectivity index (χ4v) is 0.831. The zero-order chi connectivity index (χ0) is 5.82. The molecule has 0 bridgehead atoms. The van der Waals surface area contributed by atoms with E-state index in [9.17, 15) is 5.11 Å². The summed E-state index contributed by atoms with van der Waals surface area (Å²) in [6.45, 7) is 2.76. The molecule has 0 amide bonds. The number of rotatable bonds is 1. The van der Waals surface area contributed by atoms with Crippen molar-refractivity contribution < 1.29 is 5.11 Å². The van der Waals surface area contributed by atoms with Crippen molar-refractivity contribution in [3.05, 3.63) is 0 Å². The van der Waals surface area contributed by atoms with E-state index < -0.39 is 0 Å². The quantitative estimate of drug-likeness (QED) is 0.459. The van der Waals surface area contributed by atoms with Crippen LogP contribution in [-0.4, -0.2) is 32.3 Å². The van der Waals surface area contributed by atoms with Gasteiger partial charge in [-0.1, -0.05) is 0 Å². The number of hydrogen-bond acceptors (Lipinski definition) is 2. The van der Waals surface area contributed by atoms with E-state index in [1.165, 1.54) is 0 Å². The van der Waals surface area contributed by atoms with Crippen LogP contribution in [0.4, 0.5) is 0 Å². The summed E-state index contributed by atoms with van der Waals surface area (Å²) in [5.74, 6) is 0. The highest BCUT2D eigenvalue weighted by Crippen LogP contribution is 1.82. The van der Waals surface area contributed by atoms with Crippen LogP contribution in [0.5, 0.6) is 0 Å². The first-order valence-electron chi connectivity index (χ1n) is 2.95. The first-order chi connectivity index (χ1) is 3.93. The molecule has 3 heteroatoms. The molecule has 0 aromatic heterocycles. The molecule has 47 valence electrons. The minimum Gasteiger partial charge on any atom is -0.314 e. The molecule has 1 atom stereocenters. The van der Waals surface area contributed by atoms with E-state index in [4.69, 9.17) is 0 Å². The minimum atomic E-state index is -0.00694. The molecule has 8 heavy (non-hydrogen) atoms. The molecule has 2 N–H and O–H groups in total. The van der Waals surface area contributed by atoms with Gasteiger partial charge in [-0.3, -0.25) is 0 Å². The summed E-state index contributed by atoms with van der Waals surface area (Å²) in [6.07, 6.45) is 0. The zero-order valence-corrected chi connectivity index (χ0v) is 4.81. The summed E-state index contributed by atoms with van der Waals surface area (Å²) in [4.78, 5) is 0. The molecule has 1 aliphatic rings. The molecule has 1 heterocycles. The van der Waals surface area contributed by atoms with Crippen LogP contribution >= 0.6 is 0 Å². The van der Waals surface area contributed by atoms with E-state index in [1.54, 1.807) is 0 Å². The molecular weight excluding hydrogens is 104 g/mol. The van der Waals surface area contributed by atoms with Crippen LogP contribution in [0.1, 0.15) is 0 Å². The highest BCUT2D eigenvalue weighted by molar-refractivity contribution is 4.73. The monoisotopic (exact) mass is 115 g/mol. The highest BCUT2D eigenvalue weighted by atomic mass is 16.3. The third-order valence-corrected chi connectivity index (χ3v) is 1.33. The van der Waals surface area contributed by atoms with Crippen molar-refractivity contribution in [1.82, 2.24) is 10.6 Å². The molecule has 1 aliphatic heterocycles. The van der Waals surface area contributed by atoms with Crippen LogP contribution in [-0.2, 0) is 5.11 Å². The Kier molecular flexibility index (Phi) is 2.27. The maximum absolute atomic E-state index is 10.2. The maximum atomic E-state index is 10.2. The van der Waals surface area contributed by atoms with Crippen LogP contribution in [0.3, 0.4) is 0 Å². The van der Waals surface area contributed by atoms with Gasteiger partial charge in [-0.15, -0.1) is 0 Å². The lowest BCUT2D eigenvalue weighted by Gasteiger charge is -2.21. The van der Waals surface area contributed by atoms with Crippen LogP contribution in [0.2, 0.25) is 0 Å². The Morgan fingerprint density at radius 1 is 1.50 bits per heavy atom. The fourth-order valence-electron chi connectivity index (χ4n) is 0.831. The van der Waals surface area contributed by atoms with Crippen LogP contribution in [0.25, 0.3) is 0 Å². The first kappa shape index (κ1) is 6.01. The summed E-state index contributed by atoms with van der Waals surface area (Å²) in [7, 11) is 0. The summed E-state index contributed by atoms with van der Waals surface area (Å²) >= 11 is 0. The highest BCUT2D eigenvalue weighted by Gasteiger charge is 2.09. The van der Waals surface area contributed by atoms with E-state index in [1.807, 2.05) is 0 Å². The number of piperazine rings is 1. The predicted octanol–water partition coefficient (Wildman–Crippen LogP) is -1.02. The fraction of sp³-hybridized carbons (Fsp3) is 1.00. The molecule has 1 saturated heterocycles. The molecule has 1 rings (SSSR count). The lowest BCUT2D eigenvalue weighted by Crippen LogP contribution is -2.49. The number of hydrogen-bond donors (Lipinski definition) is 2. The van der Waals surface area contributed by atoms with Crippen molar-refractivity contribution in [2.75, 3.05) is 26.2 Å². The molecule has 0 spiro atoms. The van der Waals surface area contributed by atoms with Gasteiger partial charge in [-0.05, 0) is 0 Å². The SMILES string of the molecule is [O]CC1CNCCN1. The van der Waals surface area contributed by atoms with Crippen molar-refractivity contribution in [3.63, 3.8) is 0 Å². The topological polar surface area (TPSA) is 44.0 Å². The van der Waals surface area contributed by atoms with Gasteiger partial charge in [-0.25, -0.2) is 5.11 Å². The van der Waals surface area contributed by atoms with Gasteiger partial charge in [0.05, 0.1) is 6.61 Å². The summed E-state index contributed by atoms with van der Waals surface area (Å²) in [5.41, 5.74) is 0. The lowest BCUT2D eigenvalue weighted by atomic mass is 10.2. The van der Waals surface area contributed by atoms with E-state index in [-0.39, 0.29) is 12.6 Å². The minimum absolute atomic E-state index is 0.00694. The Morgan fingerprint density at radius 3 is 2.75 bits per heavy atom. The van der Waals surface area contributed by atoms with Crippen molar-refractivity contribution in [2.24, 2.45) is 0 Å². The number of nitrogens with one attached hydrogen (secondary N) is 2. The van der Waals surface area contributed by atoms with Crippen molar-refractivity contribution in [2.45, 2.75) is 6.04 Å². The summed E-state index contributed by atoms with van der Waals surface area (Å²) < 4.78 is 0. The Labute approximate surface area is 49.1 Å². The Bertz CT molecular complexity index is 61.4. The summed E-state index contributed by atoms with van der Waals surface area (Å²) in [5, 5.41) is 16.4. The van der Waals surface area contributed by atoms with Gasteiger partial charge in [0.15, 0.2) is 0 Å². The smallest absolute Gasteiger partial charge is 0.0987 e. The molecule has 3 nitrogen and oxygen atoms in total. The molecule has 0 aromatic rings. The average Bonchev–Trinajstić information content (AvgIpc) is 1.90. The third kappa shape index (κ3) is 1.43. The van der Waals surface area contributed by atoms with Gasteiger partial charge in [0.25, 0.3) is 0 Å². The average molecular weight is 115 g/mol. The standard InChI is InChI=1S/C5H11N2O/c8-4-5-3-6-1-2-7-5/h5-7H,1-4H2. The van der Waals surface area contributed by atoms with Gasteiger partial charge < -0.3 is 10.6 Å². The Balaban J connectivity index is 2.13. The molecule has 1 radical (unpaired) electrons. The second kappa shape index (κ2) is 3.02. The van der Waals surface area contributed by atoms with Gasteiger partial charge in [0, 0.05) is 25.7 Å². The Hall–Kier alpha value is -0.120. The van der Waals surface area contributed by atoms with Gasteiger partial charge >= 0.3 is 0 Å². The first-order valence-corrected chi connectivity index (χ1v) is 2.95. The van der Waals surface area contributed by atoms with Crippen LogP contribution < -0.4 is 10.6 Å². The molecular formula is C5H11N2O. The van der Waals surface area contributed by atoms with Gasteiger partial charge in [-0.2, -0.15) is 0 Å². The lowest BCUT2D eigenvalue weighted by molar-refractivity contribution is 0.150.